The van der Waals surface area contributed by atoms with Crippen LogP contribution in [0.25, 0.3) is 0 Å². The quantitative estimate of drug-likeness (QED) is 0.680. The van der Waals surface area contributed by atoms with Crippen molar-refractivity contribution in [3.63, 3.8) is 0 Å². The van der Waals surface area contributed by atoms with Crippen LogP contribution < -0.4 is 0 Å². The van der Waals surface area contributed by atoms with E-state index >= 15 is 0 Å². The molecule has 0 fully saturated rings. The number of aryl methyl sites for hydroxylation is 1. The van der Waals surface area contributed by atoms with Gasteiger partial charge < -0.3 is 0 Å². The number of carbonyl (C=O) groups excluding carboxylic acids is 1. The van der Waals surface area contributed by atoms with Crippen molar-refractivity contribution >= 4 is 5.78 Å². The third-order valence-corrected chi connectivity index (χ3v) is 1.68. The van der Waals surface area contributed by atoms with E-state index in [1.807, 2.05) is 0 Å². The molecule has 0 aromatic carbocycles. The summed E-state index contributed by atoms with van der Waals surface area (Å²) in [5, 5.41) is 3.60. The second-order valence-electron chi connectivity index (χ2n) is 2.63. The third kappa shape index (κ3) is 1.91. The summed E-state index contributed by atoms with van der Waals surface area (Å²) in [5.74, 6) is -0.249. The molecule has 0 saturated heterocycles. The second kappa shape index (κ2) is 3.64. The van der Waals surface area contributed by atoms with Gasteiger partial charge in [0.25, 0.3) is 6.43 Å². The molecular formula is C8H10F2N2O. The topological polar surface area (TPSA) is 34.9 Å². The van der Waals surface area contributed by atoms with Crippen LogP contribution in [-0.2, 0) is 6.54 Å². The largest absolute Gasteiger partial charge is 0.293 e. The first-order valence-electron chi connectivity index (χ1n) is 3.93. The van der Waals surface area contributed by atoms with E-state index in [-0.39, 0.29) is 17.2 Å². The van der Waals surface area contributed by atoms with Crippen LogP contribution in [0.3, 0.4) is 0 Å². The predicted octanol–water partition coefficient (Wildman–Crippen LogP) is 2.04. The maximum atomic E-state index is 12.2. The van der Waals surface area contributed by atoms with Gasteiger partial charge >= 0.3 is 0 Å². The molecule has 0 radical (unpaired) electrons. The summed E-state index contributed by atoms with van der Waals surface area (Å²) < 4.78 is 25.6. The number of rotatable bonds is 3. The molecule has 0 saturated carbocycles. The van der Waals surface area contributed by atoms with Crippen molar-refractivity contribution < 1.29 is 13.6 Å². The molecule has 0 amide bonds. The van der Waals surface area contributed by atoms with Crippen molar-refractivity contribution in [2.75, 3.05) is 0 Å². The summed E-state index contributed by atoms with van der Waals surface area (Å²) in [6.07, 6.45) is -2.62. The summed E-state index contributed by atoms with van der Waals surface area (Å²) in [6.45, 7) is 3.49. The van der Waals surface area contributed by atoms with E-state index < -0.39 is 6.43 Å². The minimum absolute atomic E-state index is 0.234. The molecule has 0 unspecified atom stereocenters. The molecule has 0 aliphatic carbocycles. The average Bonchev–Trinajstić information content (AvgIpc) is 2.47. The standard InChI is InChI=1S/C8H10F2N2O/c1-3-12-7(5(2)13)4-6(11-12)8(9)10/h4,8H,3H2,1-2H3. The van der Waals surface area contributed by atoms with Gasteiger partial charge in [-0.1, -0.05) is 0 Å². The minimum Gasteiger partial charge on any atom is -0.293 e. The fraction of sp³-hybridized carbons (Fsp3) is 0.500. The van der Waals surface area contributed by atoms with Crippen LogP contribution in [0.2, 0.25) is 0 Å². The maximum absolute atomic E-state index is 12.2. The first-order chi connectivity index (χ1) is 6.06. The lowest BCUT2D eigenvalue weighted by Crippen LogP contribution is -2.06. The molecule has 13 heavy (non-hydrogen) atoms. The van der Waals surface area contributed by atoms with Gasteiger partial charge in [0.15, 0.2) is 5.78 Å². The van der Waals surface area contributed by atoms with E-state index in [4.69, 9.17) is 0 Å². The van der Waals surface area contributed by atoms with E-state index in [9.17, 15) is 13.6 Å². The zero-order valence-electron chi connectivity index (χ0n) is 7.42. The monoisotopic (exact) mass is 188 g/mol. The van der Waals surface area contributed by atoms with Crippen molar-refractivity contribution in [2.45, 2.75) is 26.8 Å². The molecule has 1 aromatic rings. The molecule has 0 spiro atoms. The number of carbonyl (C=O) groups is 1. The van der Waals surface area contributed by atoms with Gasteiger partial charge in [-0.25, -0.2) is 8.78 Å². The Bertz CT molecular complexity index is 320. The highest BCUT2D eigenvalue weighted by Gasteiger charge is 2.16. The summed E-state index contributed by atoms with van der Waals surface area (Å²) >= 11 is 0. The summed E-state index contributed by atoms with van der Waals surface area (Å²) in [6, 6.07) is 1.14. The Morgan fingerprint density at radius 3 is 2.62 bits per heavy atom. The zero-order valence-corrected chi connectivity index (χ0v) is 7.42. The Kier molecular flexibility index (Phi) is 2.75. The van der Waals surface area contributed by atoms with Gasteiger partial charge in [-0.3, -0.25) is 9.48 Å². The summed E-state index contributed by atoms with van der Waals surface area (Å²) in [7, 11) is 0. The lowest BCUT2D eigenvalue weighted by molar-refractivity contribution is 0.100. The summed E-state index contributed by atoms with van der Waals surface area (Å²) in [4.78, 5) is 11.0. The van der Waals surface area contributed by atoms with Crippen LogP contribution in [0.15, 0.2) is 6.07 Å². The van der Waals surface area contributed by atoms with Crippen molar-refractivity contribution in [2.24, 2.45) is 0 Å². The van der Waals surface area contributed by atoms with Crippen LogP contribution in [0.4, 0.5) is 8.78 Å². The number of nitrogens with zero attached hydrogens (tertiary/aromatic N) is 2. The van der Waals surface area contributed by atoms with E-state index in [2.05, 4.69) is 5.10 Å². The number of hydrogen-bond donors (Lipinski definition) is 0. The van der Waals surface area contributed by atoms with Gasteiger partial charge in [0, 0.05) is 13.5 Å². The molecule has 3 nitrogen and oxygen atoms in total. The van der Waals surface area contributed by atoms with Crippen molar-refractivity contribution in [1.82, 2.24) is 9.78 Å². The molecule has 1 rings (SSSR count). The fourth-order valence-corrected chi connectivity index (χ4v) is 1.07. The number of hydrogen-bond acceptors (Lipinski definition) is 2. The molecule has 0 aliphatic heterocycles. The van der Waals surface area contributed by atoms with Gasteiger partial charge in [-0.15, -0.1) is 0 Å². The summed E-state index contributed by atoms with van der Waals surface area (Å²) in [5.41, 5.74) is -0.107. The number of alkyl halides is 2. The van der Waals surface area contributed by atoms with Crippen molar-refractivity contribution in [3.05, 3.63) is 17.5 Å². The molecule has 0 N–H and O–H groups in total. The van der Waals surface area contributed by atoms with E-state index in [1.165, 1.54) is 11.6 Å². The Morgan fingerprint density at radius 2 is 2.31 bits per heavy atom. The number of Topliss-reactive ketones (excluding diaryl/α,β-unsaturated/α-hetero) is 1. The highest BCUT2D eigenvalue weighted by atomic mass is 19.3. The molecular weight excluding hydrogens is 178 g/mol. The van der Waals surface area contributed by atoms with E-state index in [0.29, 0.717) is 6.54 Å². The molecule has 0 bridgehead atoms. The van der Waals surface area contributed by atoms with Gasteiger partial charge in [0.2, 0.25) is 0 Å². The first kappa shape index (κ1) is 9.83. The molecule has 1 heterocycles. The normalized spacial score (nSPS) is 10.8. The number of ketones is 1. The van der Waals surface area contributed by atoms with Crippen LogP contribution in [0.5, 0.6) is 0 Å². The Morgan fingerprint density at radius 1 is 1.69 bits per heavy atom. The fourth-order valence-electron chi connectivity index (χ4n) is 1.07. The van der Waals surface area contributed by atoms with E-state index in [0.717, 1.165) is 6.07 Å². The van der Waals surface area contributed by atoms with Gasteiger partial charge in [0.1, 0.15) is 11.4 Å². The van der Waals surface area contributed by atoms with Crippen LogP contribution in [0.1, 0.15) is 36.5 Å². The SMILES string of the molecule is CCn1nc(C(F)F)cc1C(C)=O. The van der Waals surface area contributed by atoms with Crippen LogP contribution in [0, 0.1) is 0 Å². The van der Waals surface area contributed by atoms with Crippen molar-refractivity contribution in [3.8, 4) is 0 Å². The molecule has 5 heteroatoms. The van der Waals surface area contributed by atoms with Crippen LogP contribution in [-0.4, -0.2) is 15.6 Å². The Balaban J connectivity index is 3.11. The van der Waals surface area contributed by atoms with Gasteiger partial charge in [0.05, 0.1) is 0 Å². The third-order valence-electron chi connectivity index (χ3n) is 1.68. The molecule has 0 atom stereocenters. The number of aromatic nitrogens is 2. The zero-order chi connectivity index (χ0) is 10.0. The van der Waals surface area contributed by atoms with Crippen LogP contribution >= 0.6 is 0 Å². The Hall–Kier alpha value is -1.26. The first-order valence-corrected chi connectivity index (χ1v) is 3.93. The molecule has 1 aromatic heterocycles. The molecule has 0 aliphatic rings. The highest BCUT2D eigenvalue weighted by Crippen LogP contribution is 2.18. The van der Waals surface area contributed by atoms with E-state index in [1.54, 1.807) is 6.92 Å². The highest BCUT2D eigenvalue weighted by molar-refractivity contribution is 5.92. The predicted molar refractivity (Wildman–Crippen MR) is 42.9 cm³/mol. The average molecular weight is 188 g/mol. The lowest BCUT2D eigenvalue weighted by Gasteiger charge is -1.98. The van der Waals surface area contributed by atoms with Gasteiger partial charge in [-0.05, 0) is 13.0 Å². The lowest BCUT2D eigenvalue weighted by atomic mass is 10.3. The number of halogens is 2. The van der Waals surface area contributed by atoms with Crippen molar-refractivity contribution in [1.29, 1.82) is 0 Å². The smallest absolute Gasteiger partial charge is 0.282 e. The molecule has 72 valence electrons. The van der Waals surface area contributed by atoms with Gasteiger partial charge in [-0.2, -0.15) is 5.10 Å². The minimum atomic E-state index is -2.62. The second-order valence-corrected chi connectivity index (χ2v) is 2.63. The Labute approximate surface area is 74.4 Å². The maximum Gasteiger partial charge on any atom is 0.282 e.